The number of aryl methyl sites for hydroxylation is 1. The fraction of sp³-hybridized carbons (Fsp3) is 0.409. The van der Waals surface area contributed by atoms with Crippen molar-refractivity contribution in [1.29, 1.82) is 0 Å². The Morgan fingerprint density at radius 2 is 1.90 bits per heavy atom. The van der Waals surface area contributed by atoms with E-state index in [1.165, 1.54) is 17.3 Å². The van der Waals surface area contributed by atoms with Crippen molar-refractivity contribution in [1.82, 2.24) is 19.3 Å². The Bertz CT molecular complexity index is 963. The van der Waals surface area contributed by atoms with Crippen LogP contribution >= 0.6 is 11.8 Å². The number of carbonyl (C=O) groups is 1. The molecule has 1 aromatic carbocycles. The summed E-state index contributed by atoms with van der Waals surface area (Å²) in [4.78, 5) is 12.8. The predicted octanol–water partition coefficient (Wildman–Crippen LogP) is 3.93. The second-order valence-corrected chi connectivity index (χ2v) is 7.89. The number of benzene rings is 1. The topological polar surface area (TPSA) is 61.9 Å². The molecule has 0 bridgehead atoms. The number of ketones is 1. The molecule has 0 saturated heterocycles. The Labute approximate surface area is 176 Å². The molecule has 0 saturated carbocycles. The molecule has 3 rings (SSSR count). The van der Waals surface area contributed by atoms with Crippen LogP contribution in [0, 0.1) is 13.8 Å². The minimum Gasteiger partial charge on any atom is -0.383 e. The van der Waals surface area contributed by atoms with Gasteiger partial charge in [0.05, 0.1) is 12.4 Å². The van der Waals surface area contributed by atoms with Gasteiger partial charge in [-0.05, 0) is 32.4 Å². The highest BCUT2D eigenvalue weighted by Gasteiger charge is 2.18. The molecule has 6 nitrogen and oxygen atoms in total. The lowest BCUT2D eigenvalue weighted by Gasteiger charge is -2.10. The van der Waals surface area contributed by atoms with Gasteiger partial charge in [-0.25, -0.2) is 0 Å². The summed E-state index contributed by atoms with van der Waals surface area (Å²) in [6, 6.07) is 12.2. The Morgan fingerprint density at radius 3 is 2.55 bits per heavy atom. The molecule has 0 aliphatic carbocycles. The Balaban J connectivity index is 1.75. The average Bonchev–Trinajstić information content (AvgIpc) is 3.24. The molecule has 154 valence electrons. The van der Waals surface area contributed by atoms with Crippen LogP contribution in [0.4, 0.5) is 0 Å². The lowest BCUT2D eigenvalue weighted by Crippen LogP contribution is -2.11. The summed E-state index contributed by atoms with van der Waals surface area (Å²) in [5.74, 6) is 1.34. The number of rotatable bonds is 10. The van der Waals surface area contributed by atoms with Gasteiger partial charge in [-0.1, -0.05) is 42.1 Å². The first-order valence-electron chi connectivity index (χ1n) is 9.82. The normalized spacial score (nSPS) is 11.2. The number of Topliss-reactive ketones (excluding diaryl/α,β-unsaturated/α-hetero) is 1. The fourth-order valence-corrected chi connectivity index (χ4v) is 4.39. The molecular formula is C22H28N4O2S. The van der Waals surface area contributed by atoms with Crippen molar-refractivity contribution in [2.75, 3.05) is 19.5 Å². The van der Waals surface area contributed by atoms with Crippen LogP contribution in [0.1, 0.15) is 40.1 Å². The van der Waals surface area contributed by atoms with Gasteiger partial charge >= 0.3 is 0 Å². The molecule has 0 spiro atoms. The van der Waals surface area contributed by atoms with E-state index in [0.29, 0.717) is 25.3 Å². The average molecular weight is 413 g/mol. The third-order valence-corrected chi connectivity index (χ3v) is 6.01. The van der Waals surface area contributed by atoms with Crippen LogP contribution in [0.5, 0.6) is 0 Å². The molecule has 7 heteroatoms. The van der Waals surface area contributed by atoms with Gasteiger partial charge < -0.3 is 13.9 Å². The summed E-state index contributed by atoms with van der Waals surface area (Å²) in [6.45, 7) is 8.23. The highest BCUT2D eigenvalue weighted by Crippen LogP contribution is 2.22. The van der Waals surface area contributed by atoms with E-state index in [4.69, 9.17) is 4.74 Å². The van der Waals surface area contributed by atoms with Crippen LogP contribution in [0.15, 0.2) is 41.6 Å². The molecule has 0 radical (unpaired) electrons. The van der Waals surface area contributed by atoms with E-state index in [2.05, 4.69) is 38.4 Å². The number of thioether (sulfide) groups is 1. The third kappa shape index (κ3) is 4.97. The molecule has 29 heavy (non-hydrogen) atoms. The van der Waals surface area contributed by atoms with Crippen molar-refractivity contribution in [3.05, 3.63) is 64.7 Å². The van der Waals surface area contributed by atoms with Crippen LogP contribution in [0.25, 0.3) is 0 Å². The van der Waals surface area contributed by atoms with E-state index in [-0.39, 0.29) is 5.78 Å². The lowest BCUT2D eigenvalue weighted by molar-refractivity contribution is 0.102. The fourth-order valence-electron chi connectivity index (χ4n) is 3.52. The van der Waals surface area contributed by atoms with E-state index >= 15 is 0 Å². The molecule has 0 aliphatic rings. The van der Waals surface area contributed by atoms with Gasteiger partial charge in [0, 0.05) is 43.6 Å². The van der Waals surface area contributed by atoms with Crippen LogP contribution in [0.2, 0.25) is 0 Å². The predicted molar refractivity (Wildman–Crippen MR) is 116 cm³/mol. The number of carbonyl (C=O) groups excluding carboxylic acids is 1. The van der Waals surface area contributed by atoms with Gasteiger partial charge in [0.25, 0.3) is 0 Å². The van der Waals surface area contributed by atoms with E-state index in [9.17, 15) is 4.79 Å². The molecule has 0 N–H and O–H groups in total. The number of ether oxygens (including phenoxy) is 1. The number of hydrogen-bond donors (Lipinski definition) is 0. The molecule has 0 unspecified atom stereocenters. The van der Waals surface area contributed by atoms with Crippen molar-refractivity contribution in [3.8, 4) is 0 Å². The maximum atomic E-state index is 12.8. The first-order valence-corrected chi connectivity index (χ1v) is 10.8. The molecule has 0 aliphatic heterocycles. The molecule has 3 aromatic rings. The Kier molecular flexibility index (Phi) is 7.28. The van der Waals surface area contributed by atoms with Crippen LogP contribution in [0.3, 0.4) is 0 Å². The lowest BCUT2D eigenvalue weighted by atomic mass is 10.1. The van der Waals surface area contributed by atoms with Crippen molar-refractivity contribution >= 4 is 17.5 Å². The minimum atomic E-state index is 0.119. The standard InChI is InChI=1S/C22H28N4O2S/c1-5-25-16(2)13-19(17(25)3)20(27)15-29-22-24-23-21(26(22)11-12-28-4)14-18-9-7-6-8-10-18/h6-10,13H,5,11-12,14-15H2,1-4H3. The van der Waals surface area contributed by atoms with Gasteiger partial charge in [0.15, 0.2) is 10.9 Å². The monoisotopic (exact) mass is 412 g/mol. The summed E-state index contributed by atoms with van der Waals surface area (Å²) >= 11 is 1.44. The van der Waals surface area contributed by atoms with Gasteiger partial charge in [-0.3, -0.25) is 4.79 Å². The summed E-state index contributed by atoms with van der Waals surface area (Å²) < 4.78 is 9.48. The molecule has 0 fully saturated rings. The first-order chi connectivity index (χ1) is 14.0. The van der Waals surface area contributed by atoms with Gasteiger partial charge in [-0.2, -0.15) is 0 Å². The SMILES string of the molecule is CCn1c(C)cc(C(=O)CSc2nnc(Cc3ccccc3)n2CCOC)c1C. The van der Waals surface area contributed by atoms with E-state index < -0.39 is 0 Å². The number of hydrogen-bond acceptors (Lipinski definition) is 5. The molecule has 2 aromatic heterocycles. The van der Waals surface area contributed by atoms with Crippen molar-refractivity contribution < 1.29 is 9.53 Å². The summed E-state index contributed by atoms with van der Waals surface area (Å²) in [5.41, 5.74) is 4.12. The van der Waals surface area contributed by atoms with Gasteiger partial charge in [0.1, 0.15) is 5.82 Å². The van der Waals surface area contributed by atoms with Crippen LogP contribution in [-0.4, -0.2) is 44.6 Å². The zero-order valence-electron chi connectivity index (χ0n) is 17.5. The van der Waals surface area contributed by atoms with E-state index in [1.54, 1.807) is 7.11 Å². The molecule has 0 atom stereocenters. The first kappa shape index (κ1) is 21.3. The van der Waals surface area contributed by atoms with E-state index in [0.717, 1.165) is 34.5 Å². The molecule has 0 amide bonds. The number of methoxy groups -OCH3 is 1. The second-order valence-electron chi connectivity index (χ2n) is 6.95. The van der Waals surface area contributed by atoms with Crippen molar-refractivity contribution in [2.45, 2.75) is 45.4 Å². The Morgan fingerprint density at radius 1 is 1.14 bits per heavy atom. The van der Waals surface area contributed by atoms with Gasteiger partial charge in [0.2, 0.25) is 0 Å². The summed E-state index contributed by atoms with van der Waals surface area (Å²) in [7, 11) is 1.68. The van der Waals surface area contributed by atoms with Crippen molar-refractivity contribution in [3.63, 3.8) is 0 Å². The highest BCUT2D eigenvalue weighted by molar-refractivity contribution is 7.99. The Hall–Kier alpha value is -2.38. The largest absolute Gasteiger partial charge is 0.383 e. The van der Waals surface area contributed by atoms with E-state index in [1.807, 2.05) is 38.1 Å². The quantitative estimate of drug-likeness (QED) is 0.373. The zero-order valence-corrected chi connectivity index (χ0v) is 18.3. The number of nitrogens with zero attached hydrogens (tertiary/aromatic N) is 4. The molecule has 2 heterocycles. The van der Waals surface area contributed by atoms with Gasteiger partial charge in [-0.15, -0.1) is 10.2 Å². The minimum absolute atomic E-state index is 0.119. The van der Waals surface area contributed by atoms with Crippen LogP contribution < -0.4 is 0 Å². The van der Waals surface area contributed by atoms with Crippen molar-refractivity contribution in [2.24, 2.45) is 0 Å². The summed E-state index contributed by atoms with van der Waals surface area (Å²) in [5, 5.41) is 9.50. The molecular weight excluding hydrogens is 384 g/mol. The second kappa shape index (κ2) is 9.89. The zero-order chi connectivity index (χ0) is 20.8. The highest BCUT2D eigenvalue weighted by atomic mass is 32.2. The van der Waals surface area contributed by atoms with Crippen LogP contribution in [-0.2, 0) is 24.2 Å². The number of aromatic nitrogens is 4. The summed E-state index contributed by atoms with van der Waals surface area (Å²) in [6.07, 6.45) is 0.698. The smallest absolute Gasteiger partial charge is 0.191 e. The third-order valence-electron chi connectivity index (χ3n) is 5.04. The maximum Gasteiger partial charge on any atom is 0.191 e. The maximum absolute atomic E-state index is 12.8.